The number of nitrogens with one attached hydrogen (secondary N) is 1. The highest BCUT2D eigenvalue weighted by molar-refractivity contribution is 7.99. The first kappa shape index (κ1) is 15.0. The SMILES string of the molecule is CCCNC(CC)c1ccccc1Sc1cnccn1. The molecule has 1 atom stereocenters. The average molecular weight is 287 g/mol. The fourth-order valence-corrected chi connectivity index (χ4v) is 3.03. The Bertz CT molecular complexity index is 516. The molecule has 106 valence electrons. The van der Waals surface area contributed by atoms with Crippen molar-refractivity contribution >= 4 is 11.8 Å². The number of hydrogen-bond acceptors (Lipinski definition) is 4. The summed E-state index contributed by atoms with van der Waals surface area (Å²) in [6, 6.07) is 8.94. The summed E-state index contributed by atoms with van der Waals surface area (Å²) in [5.41, 5.74) is 1.35. The molecule has 0 aliphatic carbocycles. The van der Waals surface area contributed by atoms with Gasteiger partial charge in [-0.3, -0.25) is 4.98 Å². The summed E-state index contributed by atoms with van der Waals surface area (Å²) in [7, 11) is 0. The molecule has 1 aromatic carbocycles. The van der Waals surface area contributed by atoms with E-state index in [4.69, 9.17) is 0 Å². The molecule has 0 saturated carbocycles. The summed E-state index contributed by atoms with van der Waals surface area (Å²) in [6.07, 6.45) is 7.47. The van der Waals surface area contributed by atoms with E-state index in [0.717, 1.165) is 24.4 Å². The Hall–Kier alpha value is -1.39. The minimum Gasteiger partial charge on any atom is -0.310 e. The molecule has 0 saturated heterocycles. The van der Waals surface area contributed by atoms with Gasteiger partial charge in [-0.25, -0.2) is 4.98 Å². The molecule has 0 radical (unpaired) electrons. The maximum absolute atomic E-state index is 4.34. The molecular weight excluding hydrogens is 266 g/mol. The third kappa shape index (κ3) is 4.05. The molecular formula is C16H21N3S. The van der Waals surface area contributed by atoms with Crippen molar-refractivity contribution in [2.75, 3.05) is 6.54 Å². The lowest BCUT2D eigenvalue weighted by Crippen LogP contribution is -2.21. The first-order chi connectivity index (χ1) is 9.85. The van der Waals surface area contributed by atoms with Crippen LogP contribution in [0.5, 0.6) is 0 Å². The van der Waals surface area contributed by atoms with Gasteiger partial charge in [0.2, 0.25) is 0 Å². The van der Waals surface area contributed by atoms with E-state index in [0.29, 0.717) is 6.04 Å². The molecule has 0 amide bonds. The van der Waals surface area contributed by atoms with E-state index in [1.807, 2.05) is 6.20 Å². The Balaban J connectivity index is 2.20. The van der Waals surface area contributed by atoms with Crippen LogP contribution in [0.15, 0.2) is 52.8 Å². The van der Waals surface area contributed by atoms with Crippen molar-refractivity contribution in [1.82, 2.24) is 15.3 Å². The zero-order chi connectivity index (χ0) is 14.2. The number of aromatic nitrogens is 2. The van der Waals surface area contributed by atoms with Gasteiger partial charge in [0.1, 0.15) is 5.03 Å². The van der Waals surface area contributed by atoms with E-state index in [-0.39, 0.29) is 0 Å². The third-order valence-corrected chi connectivity index (χ3v) is 4.11. The van der Waals surface area contributed by atoms with Gasteiger partial charge in [-0.2, -0.15) is 0 Å². The Morgan fingerprint density at radius 1 is 1.20 bits per heavy atom. The van der Waals surface area contributed by atoms with Crippen molar-refractivity contribution < 1.29 is 0 Å². The topological polar surface area (TPSA) is 37.8 Å². The second-order valence-corrected chi connectivity index (χ2v) is 5.66. The minimum atomic E-state index is 0.398. The van der Waals surface area contributed by atoms with Crippen molar-refractivity contribution in [3.8, 4) is 0 Å². The summed E-state index contributed by atoms with van der Waals surface area (Å²) in [6.45, 7) is 5.46. The van der Waals surface area contributed by atoms with Gasteiger partial charge in [0, 0.05) is 23.3 Å². The van der Waals surface area contributed by atoms with Crippen LogP contribution in [0.4, 0.5) is 0 Å². The van der Waals surface area contributed by atoms with E-state index in [9.17, 15) is 0 Å². The normalized spacial score (nSPS) is 12.3. The van der Waals surface area contributed by atoms with Crippen LogP contribution in [-0.4, -0.2) is 16.5 Å². The fourth-order valence-electron chi connectivity index (χ4n) is 2.10. The maximum Gasteiger partial charge on any atom is 0.119 e. The van der Waals surface area contributed by atoms with Crippen LogP contribution < -0.4 is 5.32 Å². The molecule has 0 aliphatic heterocycles. The smallest absolute Gasteiger partial charge is 0.119 e. The van der Waals surface area contributed by atoms with Gasteiger partial charge in [-0.1, -0.05) is 43.8 Å². The number of hydrogen-bond donors (Lipinski definition) is 1. The molecule has 0 aliphatic rings. The summed E-state index contributed by atoms with van der Waals surface area (Å²) in [5.74, 6) is 0. The largest absolute Gasteiger partial charge is 0.310 e. The lowest BCUT2D eigenvalue weighted by atomic mass is 10.0. The highest BCUT2D eigenvalue weighted by Gasteiger charge is 2.13. The third-order valence-electron chi connectivity index (χ3n) is 3.10. The van der Waals surface area contributed by atoms with Crippen LogP contribution in [0, 0.1) is 0 Å². The van der Waals surface area contributed by atoms with Crippen LogP contribution in [0.2, 0.25) is 0 Å². The maximum atomic E-state index is 4.34. The van der Waals surface area contributed by atoms with Crippen LogP contribution >= 0.6 is 11.8 Å². The van der Waals surface area contributed by atoms with Gasteiger partial charge < -0.3 is 5.32 Å². The molecule has 1 aromatic heterocycles. The first-order valence-electron chi connectivity index (χ1n) is 7.11. The van der Waals surface area contributed by atoms with E-state index in [2.05, 4.69) is 53.4 Å². The zero-order valence-electron chi connectivity index (χ0n) is 12.0. The van der Waals surface area contributed by atoms with E-state index in [1.54, 1.807) is 24.2 Å². The molecule has 2 aromatic rings. The van der Waals surface area contributed by atoms with Crippen molar-refractivity contribution in [1.29, 1.82) is 0 Å². The summed E-state index contributed by atoms with van der Waals surface area (Å²) in [5, 5.41) is 4.55. The highest BCUT2D eigenvalue weighted by atomic mass is 32.2. The monoisotopic (exact) mass is 287 g/mol. The Morgan fingerprint density at radius 3 is 2.75 bits per heavy atom. The summed E-state index contributed by atoms with van der Waals surface area (Å²) < 4.78 is 0. The first-order valence-corrected chi connectivity index (χ1v) is 7.93. The molecule has 3 nitrogen and oxygen atoms in total. The van der Waals surface area contributed by atoms with Crippen molar-refractivity contribution in [3.63, 3.8) is 0 Å². The fraction of sp³-hybridized carbons (Fsp3) is 0.375. The lowest BCUT2D eigenvalue weighted by Gasteiger charge is -2.20. The standard InChI is InChI=1S/C16H21N3S/c1-3-9-18-14(4-2)13-7-5-6-8-15(13)20-16-12-17-10-11-19-16/h5-8,10-12,14,18H,3-4,9H2,1-2H3. The molecule has 4 heteroatoms. The highest BCUT2D eigenvalue weighted by Crippen LogP contribution is 2.32. The van der Waals surface area contributed by atoms with Gasteiger partial charge in [0.05, 0.1) is 6.20 Å². The number of nitrogens with zero attached hydrogens (tertiary/aromatic N) is 2. The number of benzene rings is 1. The van der Waals surface area contributed by atoms with Crippen molar-refractivity contribution in [3.05, 3.63) is 48.4 Å². The molecule has 1 heterocycles. The molecule has 0 fully saturated rings. The number of rotatable bonds is 7. The van der Waals surface area contributed by atoms with E-state index < -0.39 is 0 Å². The molecule has 2 rings (SSSR count). The molecule has 20 heavy (non-hydrogen) atoms. The second-order valence-electron chi connectivity index (χ2n) is 4.60. The summed E-state index contributed by atoms with van der Waals surface area (Å²) >= 11 is 1.68. The molecule has 1 unspecified atom stereocenters. The van der Waals surface area contributed by atoms with Gasteiger partial charge in [0.25, 0.3) is 0 Å². The quantitative estimate of drug-likeness (QED) is 0.832. The predicted octanol–water partition coefficient (Wildman–Crippen LogP) is 4.08. The van der Waals surface area contributed by atoms with Gasteiger partial charge in [-0.15, -0.1) is 0 Å². The lowest BCUT2D eigenvalue weighted by molar-refractivity contribution is 0.512. The van der Waals surface area contributed by atoms with Crippen LogP contribution in [0.1, 0.15) is 38.3 Å². The zero-order valence-corrected chi connectivity index (χ0v) is 12.9. The van der Waals surface area contributed by atoms with E-state index in [1.165, 1.54) is 10.5 Å². The molecule has 0 bridgehead atoms. The van der Waals surface area contributed by atoms with Crippen LogP contribution in [0.25, 0.3) is 0 Å². The van der Waals surface area contributed by atoms with Crippen LogP contribution in [0.3, 0.4) is 0 Å². The molecule has 1 N–H and O–H groups in total. The van der Waals surface area contributed by atoms with Gasteiger partial charge in [-0.05, 0) is 31.0 Å². The van der Waals surface area contributed by atoms with Crippen molar-refractivity contribution in [2.45, 2.75) is 42.7 Å². The molecule has 0 spiro atoms. The van der Waals surface area contributed by atoms with Crippen LogP contribution in [-0.2, 0) is 0 Å². The minimum absolute atomic E-state index is 0.398. The summed E-state index contributed by atoms with van der Waals surface area (Å²) in [4.78, 5) is 9.72. The second kappa shape index (κ2) is 8.02. The van der Waals surface area contributed by atoms with E-state index >= 15 is 0 Å². The Morgan fingerprint density at radius 2 is 2.05 bits per heavy atom. The average Bonchev–Trinajstić information content (AvgIpc) is 2.50. The van der Waals surface area contributed by atoms with Gasteiger partial charge >= 0.3 is 0 Å². The van der Waals surface area contributed by atoms with Crippen molar-refractivity contribution in [2.24, 2.45) is 0 Å². The Labute approximate surface area is 125 Å². The predicted molar refractivity (Wildman–Crippen MR) is 83.9 cm³/mol. The Kier molecular flexibility index (Phi) is 6.02. The van der Waals surface area contributed by atoms with Gasteiger partial charge in [0.15, 0.2) is 0 Å².